The van der Waals surface area contributed by atoms with Crippen LogP contribution in [0.4, 0.5) is 0 Å². The van der Waals surface area contributed by atoms with E-state index in [1.54, 1.807) is 11.9 Å². The minimum absolute atomic E-state index is 0.0253. The van der Waals surface area contributed by atoms with Gasteiger partial charge in [-0.15, -0.1) is 0 Å². The molecule has 94 valence electrons. The Morgan fingerprint density at radius 2 is 2.19 bits per heavy atom. The average Bonchev–Trinajstić information content (AvgIpc) is 2.54. The van der Waals surface area contributed by atoms with Gasteiger partial charge in [0.2, 0.25) is 15.9 Å². The molecular weight excluding hydrogens is 230 g/mol. The molecule has 0 atom stereocenters. The second kappa shape index (κ2) is 5.60. The van der Waals surface area contributed by atoms with Crippen molar-refractivity contribution in [2.24, 2.45) is 0 Å². The fourth-order valence-corrected chi connectivity index (χ4v) is 3.01. The summed E-state index contributed by atoms with van der Waals surface area (Å²) in [5.41, 5.74) is 0. The number of carbonyl (C=O) groups excluding carboxylic acids is 1. The maximum atomic E-state index is 11.7. The van der Waals surface area contributed by atoms with Gasteiger partial charge in [-0.2, -0.15) is 4.31 Å². The largest absolute Gasteiger partial charge is 0.343 e. The van der Waals surface area contributed by atoms with Crippen LogP contribution in [0.3, 0.4) is 0 Å². The van der Waals surface area contributed by atoms with Crippen molar-refractivity contribution >= 4 is 15.9 Å². The zero-order chi connectivity index (χ0) is 12.2. The maximum absolute atomic E-state index is 11.7. The highest BCUT2D eigenvalue weighted by atomic mass is 32.2. The molecule has 0 bridgehead atoms. The number of amides is 1. The molecule has 1 N–H and O–H groups in total. The summed E-state index contributed by atoms with van der Waals surface area (Å²) in [6, 6.07) is 0. The number of rotatable bonds is 5. The minimum atomic E-state index is -3.17. The Morgan fingerprint density at radius 3 is 2.69 bits per heavy atom. The predicted molar refractivity (Wildman–Crippen MR) is 61.5 cm³/mol. The Kier molecular flexibility index (Phi) is 4.69. The molecule has 0 unspecified atom stereocenters. The van der Waals surface area contributed by atoms with Gasteiger partial charge in [0, 0.05) is 26.7 Å². The molecule has 0 aromatic carbocycles. The molecule has 0 aliphatic carbocycles. The van der Waals surface area contributed by atoms with Gasteiger partial charge in [-0.3, -0.25) is 4.79 Å². The van der Waals surface area contributed by atoms with Gasteiger partial charge in [0.05, 0.1) is 12.3 Å². The average molecular weight is 249 g/mol. The number of hydrogen-bond acceptors (Lipinski definition) is 4. The smallest absolute Gasteiger partial charge is 0.237 e. The van der Waals surface area contributed by atoms with Crippen LogP contribution in [-0.2, 0) is 14.8 Å². The number of hydrogen-bond donors (Lipinski definition) is 1. The van der Waals surface area contributed by atoms with Crippen molar-refractivity contribution in [1.29, 1.82) is 0 Å². The van der Waals surface area contributed by atoms with Gasteiger partial charge in [0.1, 0.15) is 0 Å². The highest BCUT2D eigenvalue weighted by Gasteiger charge is 2.30. The number of carbonyl (C=O) groups is 1. The molecule has 7 heteroatoms. The number of sulfonamides is 1. The molecule has 1 aliphatic heterocycles. The zero-order valence-corrected chi connectivity index (χ0v) is 10.6. The van der Waals surface area contributed by atoms with Gasteiger partial charge >= 0.3 is 0 Å². The summed E-state index contributed by atoms with van der Waals surface area (Å²) >= 11 is 0. The van der Waals surface area contributed by atoms with Crippen LogP contribution in [0.2, 0.25) is 0 Å². The lowest BCUT2D eigenvalue weighted by atomic mass is 10.4. The Labute approximate surface area is 96.6 Å². The van der Waals surface area contributed by atoms with Crippen LogP contribution in [0.1, 0.15) is 6.42 Å². The molecule has 1 rings (SSSR count). The molecule has 0 aromatic heterocycles. The molecule has 0 radical (unpaired) electrons. The topological polar surface area (TPSA) is 69.7 Å². The first-order valence-corrected chi connectivity index (χ1v) is 6.94. The van der Waals surface area contributed by atoms with Gasteiger partial charge in [-0.25, -0.2) is 8.42 Å². The molecular formula is C9H19N3O3S. The van der Waals surface area contributed by atoms with Crippen LogP contribution >= 0.6 is 0 Å². The van der Waals surface area contributed by atoms with Crippen LogP contribution in [0, 0.1) is 0 Å². The first kappa shape index (κ1) is 13.4. The molecule has 1 amide bonds. The van der Waals surface area contributed by atoms with E-state index >= 15 is 0 Å². The van der Waals surface area contributed by atoms with Crippen LogP contribution in [0.5, 0.6) is 0 Å². The van der Waals surface area contributed by atoms with Gasteiger partial charge in [-0.05, 0) is 13.5 Å². The van der Waals surface area contributed by atoms with Gasteiger partial charge in [0.25, 0.3) is 0 Å². The molecule has 1 heterocycles. The van der Waals surface area contributed by atoms with E-state index in [9.17, 15) is 13.2 Å². The van der Waals surface area contributed by atoms with Gasteiger partial charge in [-0.1, -0.05) is 0 Å². The van der Waals surface area contributed by atoms with Gasteiger partial charge in [0.15, 0.2) is 0 Å². The van der Waals surface area contributed by atoms with Crippen molar-refractivity contribution in [3.05, 3.63) is 0 Å². The normalized spacial score (nSPS) is 19.9. The second-order valence-electron chi connectivity index (χ2n) is 3.92. The van der Waals surface area contributed by atoms with Crippen molar-refractivity contribution in [3.63, 3.8) is 0 Å². The summed E-state index contributed by atoms with van der Waals surface area (Å²) < 4.78 is 24.2. The zero-order valence-electron chi connectivity index (χ0n) is 9.77. The first-order chi connectivity index (χ1) is 7.47. The molecule has 1 saturated heterocycles. The van der Waals surface area contributed by atoms with E-state index in [-0.39, 0.29) is 18.2 Å². The van der Waals surface area contributed by atoms with E-state index in [1.807, 2.05) is 7.05 Å². The Balaban J connectivity index is 2.45. The van der Waals surface area contributed by atoms with E-state index in [0.29, 0.717) is 26.1 Å². The van der Waals surface area contributed by atoms with E-state index in [0.717, 1.165) is 0 Å². The van der Waals surface area contributed by atoms with E-state index in [4.69, 9.17) is 0 Å². The number of likely N-dealkylation sites (N-methyl/N-ethyl adjacent to an activating group) is 2. The Bertz CT molecular complexity index is 342. The van der Waals surface area contributed by atoms with Crippen molar-refractivity contribution in [2.75, 3.05) is 46.0 Å². The van der Waals surface area contributed by atoms with E-state index in [2.05, 4.69) is 5.32 Å². The summed E-state index contributed by atoms with van der Waals surface area (Å²) in [6.45, 7) is 1.73. The third-order valence-electron chi connectivity index (χ3n) is 2.64. The van der Waals surface area contributed by atoms with Crippen molar-refractivity contribution in [3.8, 4) is 0 Å². The highest BCUT2D eigenvalue weighted by Crippen LogP contribution is 2.12. The third kappa shape index (κ3) is 3.43. The van der Waals surface area contributed by atoms with Crippen molar-refractivity contribution in [2.45, 2.75) is 6.42 Å². The quantitative estimate of drug-likeness (QED) is 0.657. The Morgan fingerprint density at radius 1 is 1.50 bits per heavy atom. The maximum Gasteiger partial charge on any atom is 0.237 e. The lowest BCUT2D eigenvalue weighted by Gasteiger charge is -2.20. The van der Waals surface area contributed by atoms with Crippen LogP contribution in [0.25, 0.3) is 0 Å². The lowest BCUT2D eigenvalue weighted by molar-refractivity contribution is -0.129. The summed E-state index contributed by atoms with van der Waals surface area (Å²) in [5.74, 6) is 0.0151. The predicted octanol–water partition coefficient (Wildman–Crippen LogP) is -1.30. The summed E-state index contributed by atoms with van der Waals surface area (Å²) in [4.78, 5) is 13.2. The molecule has 1 fully saturated rings. The lowest BCUT2D eigenvalue weighted by Crippen LogP contribution is -2.41. The summed E-state index contributed by atoms with van der Waals surface area (Å²) in [7, 11) is 0.326. The number of nitrogens with zero attached hydrogens (tertiary/aromatic N) is 2. The number of nitrogens with one attached hydrogen (secondary N) is 1. The van der Waals surface area contributed by atoms with Crippen LogP contribution < -0.4 is 5.32 Å². The fourth-order valence-electron chi connectivity index (χ4n) is 1.54. The minimum Gasteiger partial charge on any atom is -0.343 e. The molecule has 16 heavy (non-hydrogen) atoms. The SMILES string of the molecule is CNCCN(C)C(=O)CN1CCCS1(=O)=O. The van der Waals surface area contributed by atoms with Crippen LogP contribution in [-0.4, -0.2) is 69.6 Å². The Hall–Kier alpha value is -0.660. The molecule has 0 spiro atoms. The standard InChI is InChI=1S/C9H19N3O3S/c1-10-4-6-11(2)9(13)8-12-5-3-7-16(12,14)15/h10H,3-8H2,1-2H3. The molecule has 6 nitrogen and oxygen atoms in total. The van der Waals surface area contributed by atoms with Gasteiger partial charge < -0.3 is 10.2 Å². The first-order valence-electron chi connectivity index (χ1n) is 5.34. The molecule has 1 aliphatic rings. The highest BCUT2D eigenvalue weighted by molar-refractivity contribution is 7.89. The van der Waals surface area contributed by atoms with Crippen molar-refractivity contribution in [1.82, 2.24) is 14.5 Å². The monoisotopic (exact) mass is 249 g/mol. The molecule has 0 saturated carbocycles. The second-order valence-corrected chi connectivity index (χ2v) is 6.01. The summed E-state index contributed by atoms with van der Waals surface area (Å²) in [6.07, 6.45) is 0.621. The van der Waals surface area contributed by atoms with E-state index in [1.165, 1.54) is 4.31 Å². The third-order valence-corrected chi connectivity index (χ3v) is 4.54. The van der Waals surface area contributed by atoms with Crippen LogP contribution in [0.15, 0.2) is 0 Å². The summed E-state index contributed by atoms with van der Waals surface area (Å²) in [5, 5.41) is 2.94. The van der Waals surface area contributed by atoms with Crippen molar-refractivity contribution < 1.29 is 13.2 Å². The van der Waals surface area contributed by atoms with E-state index < -0.39 is 10.0 Å². The molecule has 0 aromatic rings. The fraction of sp³-hybridized carbons (Fsp3) is 0.889.